The van der Waals surface area contributed by atoms with Crippen LogP contribution in [0.2, 0.25) is 0 Å². The lowest BCUT2D eigenvalue weighted by Gasteiger charge is -2.32. The number of primary amides is 3. The summed E-state index contributed by atoms with van der Waals surface area (Å²) < 4.78 is 0. The highest BCUT2D eigenvalue weighted by Crippen LogP contribution is 2.24. The summed E-state index contributed by atoms with van der Waals surface area (Å²) in [6.45, 7) is 3.86. The number of hydrogen-bond donors (Lipinski definition) is 15. The molecule has 4 rings (SSSR count). The van der Waals surface area contributed by atoms with Gasteiger partial charge in [0, 0.05) is 45.3 Å². The topological polar surface area (TPSA) is 519 Å². The summed E-state index contributed by atoms with van der Waals surface area (Å²) in [5.41, 5.74) is 40.6. The molecule has 2 aromatic carbocycles. The van der Waals surface area contributed by atoms with E-state index in [0.29, 0.717) is 55.4 Å². The highest BCUT2D eigenvalue weighted by atomic mass is 32.2. The molecule has 2 aliphatic heterocycles. The average molecular weight is 1350 g/mol. The van der Waals surface area contributed by atoms with E-state index in [-0.39, 0.29) is 83.0 Å². The molecule has 95 heavy (non-hydrogen) atoms. The number of thioether (sulfide) groups is 1. The smallest absolute Gasteiger partial charge is 0.245 e. The molecule has 0 unspecified atom stereocenters. The van der Waals surface area contributed by atoms with Gasteiger partial charge in [-0.05, 0) is 119 Å². The SMILES string of the molecule is CSCC[C@H](NC(=O)[C@@H](CC(C)C)NC(=O)CNC(=O)[C@H](Cc1ccccc1)NC(=O)[C@@H](Cc1ccccc1)NC(=O)[C@H](CCC(N)=O)NC(=O)[C@H](CCC(N)=O)NC(=O)[C@H]1CCCN1C(=O)[C@H](CCCCN)NC(=O)[C@@H]1CCCN1C(=O)[C@@H](N)CCCN=C(N)N)C(N)=O. The number of unbranched alkanes of at least 4 members (excludes halogenated alkanes) is 1. The second kappa shape index (κ2) is 41.0. The van der Waals surface area contributed by atoms with E-state index in [9.17, 15) is 62.3 Å². The second-order valence-electron chi connectivity index (χ2n) is 24.1. The second-order valence-corrected chi connectivity index (χ2v) is 25.1. The van der Waals surface area contributed by atoms with Gasteiger partial charge in [0.25, 0.3) is 0 Å². The van der Waals surface area contributed by atoms with Gasteiger partial charge >= 0.3 is 0 Å². The maximum Gasteiger partial charge on any atom is 0.245 e. The summed E-state index contributed by atoms with van der Waals surface area (Å²) in [6, 6.07) is 4.51. The Morgan fingerprint density at radius 1 is 0.537 bits per heavy atom. The van der Waals surface area contributed by atoms with Crippen LogP contribution in [0, 0.1) is 5.92 Å². The number of guanidine groups is 1. The third kappa shape index (κ3) is 27.5. The number of likely N-dealkylation sites (tertiary alicyclic amines) is 2. The normalized spacial score (nSPS) is 16.8. The monoisotopic (exact) mass is 1350 g/mol. The van der Waals surface area contributed by atoms with Crippen molar-refractivity contribution in [2.75, 3.05) is 44.7 Å². The standard InChI is InChI=1S/C63H98N18O13S/c1-37(2)33-45(57(89)74-41(53(68)85)27-32-95-3)73-52(84)36-72-54(86)46(34-38-15-6-4-7-16-38)78-58(90)47(35-39-17-8-5-9-18-39)79-56(88)42(23-25-50(66)82)75-55(87)43(24-26-51(67)83)76-59(91)49-22-14-31-81(49)62(94)44(20-10-11-28-64)77-60(92)48-21-13-30-80(48)61(93)40(65)19-12-29-71-63(69)70/h4-9,15-18,37,40-49H,10-14,19-36,64-65H2,1-3H3,(H2,66,82)(H2,67,83)(H2,68,85)(H,72,86)(H,73,84)(H,74,89)(H,75,87)(H,76,91)(H,77,92)(H,78,90)(H,79,88)(H4,69,70,71)/t40-,41-,42-,43-,44-,45+,46-,47+,48-,49+/m0/s1. The molecule has 0 saturated carbocycles. The molecule has 0 aliphatic carbocycles. The van der Waals surface area contributed by atoms with Crippen LogP contribution in [-0.2, 0) is 75.2 Å². The molecule has 2 aliphatic rings. The van der Waals surface area contributed by atoms with Gasteiger partial charge in [-0.1, -0.05) is 74.5 Å². The Bertz CT molecular complexity index is 2960. The summed E-state index contributed by atoms with van der Waals surface area (Å²) in [6.07, 6.45) is 3.12. The lowest BCUT2D eigenvalue weighted by Crippen LogP contribution is -2.60. The number of aliphatic imine (C=N–C) groups is 1. The van der Waals surface area contributed by atoms with Crippen molar-refractivity contribution in [1.82, 2.24) is 52.3 Å². The van der Waals surface area contributed by atoms with E-state index in [1.165, 1.54) is 21.6 Å². The van der Waals surface area contributed by atoms with E-state index in [1.54, 1.807) is 60.7 Å². The van der Waals surface area contributed by atoms with Crippen molar-refractivity contribution >= 4 is 94.5 Å². The molecular weight excluding hydrogens is 1250 g/mol. The van der Waals surface area contributed by atoms with Gasteiger partial charge in [-0.15, -0.1) is 0 Å². The van der Waals surface area contributed by atoms with Crippen LogP contribution in [0.25, 0.3) is 0 Å². The molecule has 2 saturated heterocycles. The summed E-state index contributed by atoms with van der Waals surface area (Å²) in [4.78, 5) is 185. The maximum atomic E-state index is 14.7. The fraction of sp³-hybridized carbons (Fsp3) is 0.587. The van der Waals surface area contributed by atoms with Gasteiger partial charge < -0.3 is 92.5 Å². The molecular formula is C63H98N18O13S. The molecule has 10 atom stereocenters. The molecule has 13 amide bonds. The highest BCUT2D eigenvalue weighted by molar-refractivity contribution is 7.98. The zero-order valence-corrected chi connectivity index (χ0v) is 55.3. The van der Waals surface area contributed by atoms with E-state index in [2.05, 4.69) is 47.5 Å². The highest BCUT2D eigenvalue weighted by Gasteiger charge is 2.42. The fourth-order valence-corrected chi connectivity index (χ4v) is 11.5. The minimum atomic E-state index is -1.64. The number of amides is 13. The van der Waals surface area contributed by atoms with Gasteiger partial charge in [0.05, 0.1) is 12.6 Å². The van der Waals surface area contributed by atoms with E-state index in [1.807, 2.05) is 20.1 Å². The van der Waals surface area contributed by atoms with E-state index < -0.39 is 169 Å². The molecule has 22 N–H and O–H groups in total. The summed E-state index contributed by atoms with van der Waals surface area (Å²) >= 11 is 1.45. The zero-order chi connectivity index (χ0) is 70.1. The van der Waals surface area contributed by atoms with Crippen molar-refractivity contribution in [2.24, 2.45) is 51.0 Å². The molecule has 0 radical (unpaired) electrons. The lowest BCUT2D eigenvalue weighted by molar-refractivity contribution is -0.144. The zero-order valence-electron chi connectivity index (χ0n) is 54.5. The Hall–Kier alpha value is -8.91. The van der Waals surface area contributed by atoms with Crippen LogP contribution in [0.1, 0.15) is 121 Å². The first kappa shape index (κ1) is 78.5. The van der Waals surface area contributed by atoms with Crippen LogP contribution in [0.3, 0.4) is 0 Å². The largest absolute Gasteiger partial charge is 0.370 e. The molecule has 31 nitrogen and oxygen atoms in total. The number of benzene rings is 2. The molecule has 32 heteroatoms. The van der Waals surface area contributed by atoms with Crippen molar-refractivity contribution < 1.29 is 62.3 Å². The van der Waals surface area contributed by atoms with Crippen LogP contribution in [0.4, 0.5) is 0 Å². The first-order chi connectivity index (χ1) is 45.2. The van der Waals surface area contributed by atoms with Crippen LogP contribution in [0.5, 0.6) is 0 Å². The Balaban J connectivity index is 1.56. The first-order valence-electron chi connectivity index (χ1n) is 32.2. The molecule has 2 heterocycles. The molecule has 2 fully saturated rings. The summed E-state index contributed by atoms with van der Waals surface area (Å²) in [7, 11) is 0. The van der Waals surface area contributed by atoms with Crippen LogP contribution >= 0.6 is 11.8 Å². The Kier molecular flexibility index (Phi) is 33.9. The summed E-state index contributed by atoms with van der Waals surface area (Å²) in [5, 5.41) is 21.1. The molecule has 0 aromatic heterocycles. The Morgan fingerprint density at radius 3 is 1.51 bits per heavy atom. The van der Waals surface area contributed by atoms with Crippen molar-refractivity contribution in [1.29, 1.82) is 0 Å². The summed E-state index contributed by atoms with van der Waals surface area (Å²) in [5.74, 6) is -9.80. The van der Waals surface area contributed by atoms with Crippen LogP contribution in [-0.4, -0.2) is 198 Å². The Labute approximate surface area is 558 Å². The number of carbonyl (C=O) groups is 13. The van der Waals surface area contributed by atoms with Crippen molar-refractivity contribution in [3.63, 3.8) is 0 Å². The first-order valence-corrected chi connectivity index (χ1v) is 33.6. The predicted molar refractivity (Wildman–Crippen MR) is 356 cm³/mol. The average Bonchev–Trinajstić information content (AvgIpc) is 1.74. The molecule has 0 bridgehead atoms. The lowest BCUT2D eigenvalue weighted by atomic mass is 10.0. The third-order valence-corrected chi connectivity index (χ3v) is 16.7. The third-order valence-electron chi connectivity index (χ3n) is 16.0. The predicted octanol–water partition coefficient (Wildman–Crippen LogP) is -3.71. The Morgan fingerprint density at radius 2 is 1.01 bits per heavy atom. The van der Waals surface area contributed by atoms with Crippen LogP contribution < -0.4 is 82.7 Å². The number of nitrogens with two attached hydrogens (primary N) is 7. The van der Waals surface area contributed by atoms with Gasteiger partial charge in [-0.2, -0.15) is 11.8 Å². The quantitative estimate of drug-likeness (QED) is 0.0173. The van der Waals surface area contributed by atoms with Gasteiger partial charge in [-0.25, -0.2) is 0 Å². The van der Waals surface area contributed by atoms with Gasteiger partial charge in [0.15, 0.2) is 5.96 Å². The van der Waals surface area contributed by atoms with Gasteiger partial charge in [0.1, 0.15) is 54.4 Å². The van der Waals surface area contributed by atoms with E-state index >= 15 is 0 Å². The van der Waals surface area contributed by atoms with Crippen molar-refractivity contribution in [3.05, 3.63) is 71.8 Å². The molecule has 2 aromatic rings. The van der Waals surface area contributed by atoms with E-state index in [0.717, 1.165) is 0 Å². The fourth-order valence-electron chi connectivity index (χ4n) is 11.0. The van der Waals surface area contributed by atoms with Gasteiger partial charge in [-0.3, -0.25) is 67.3 Å². The van der Waals surface area contributed by atoms with Crippen molar-refractivity contribution in [3.8, 4) is 0 Å². The minimum absolute atomic E-state index is 0.0736. The number of hydrogen-bond acceptors (Lipinski definition) is 17. The molecule has 0 spiro atoms. The number of nitrogens with one attached hydrogen (secondary N) is 8. The number of rotatable bonds is 42. The van der Waals surface area contributed by atoms with Gasteiger partial charge in [0.2, 0.25) is 76.8 Å². The number of carbonyl (C=O) groups excluding carboxylic acids is 13. The maximum absolute atomic E-state index is 14.7. The van der Waals surface area contributed by atoms with Crippen LogP contribution in [0.15, 0.2) is 65.7 Å². The van der Waals surface area contributed by atoms with E-state index in [4.69, 9.17) is 40.1 Å². The van der Waals surface area contributed by atoms with Crippen molar-refractivity contribution in [2.45, 2.75) is 183 Å². The number of nitrogens with zero attached hydrogens (tertiary/aromatic N) is 3. The minimum Gasteiger partial charge on any atom is -0.370 e. The molecule has 524 valence electrons.